The van der Waals surface area contributed by atoms with Crippen LogP contribution in [-0.2, 0) is 6.54 Å². The maximum atomic E-state index is 12.1. The minimum atomic E-state index is -1.56. The standard InChI is InChI=1S/C20H19N5O6/c21-16-14(19(27)28)13(15(20(29)30)18(26)23-16)10-3-5-11(6-4-10)17-22-12(31-24-17)9-25-7-1-2-8-25/h3-6H,1-2,7-9H2,(H,27,28)(H,29,30)(H3,21,23,26). The summed E-state index contributed by atoms with van der Waals surface area (Å²) in [5.41, 5.74) is 4.00. The fourth-order valence-corrected chi connectivity index (χ4v) is 3.69. The molecule has 0 amide bonds. The lowest BCUT2D eigenvalue weighted by atomic mass is 9.94. The van der Waals surface area contributed by atoms with E-state index in [1.807, 2.05) is 0 Å². The number of likely N-dealkylation sites (tertiary alicyclic amines) is 1. The number of carbonyl (C=O) groups is 2. The Kier molecular flexibility index (Phi) is 5.26. The molecule has 4 rings (SSSR count). The molecule has 1 saturated heterocycles. The Morgan fingerprint density at radius 3 is 2.29 bits per heavy atom. The van der Waals surface area contributed by atoms with Gasteiger partial charge in [-0.05, 0) is 31.5 Å². The zero-order chi connectivity index (χ0) is 22.1. The lowest BCUT2D eigenvalue weighted by molar-refractivity contribution is 0.0695. The van der Waals surface area contributed by atoms with E-state index in [0.29, 0.717) is 23.8 Å². The molecule has 1 aromatic carbocycles. The van der Waals surface area contributed by atoms with Gasteiger partial charge in [-0.2, -0.15) is 4.98 Å². The number of aromatic carboxylic acids is 2. The number of rotatable bonds is 6. The number of benzene rings is 1. The van der Waals surface area contributed by atoms with Crippen LogP contribution < -0.4 is 11.3 Å². The Morgan fingerprint density at radius 1 is 1.06 bits per heavy atom. The van der Waals surface area contributed by atoms with Crippen LogP contribution in [0.25, 0.3) is 22.5 Å². The molecule has 0 aliphatic carbocycles. The Hall–Kier alpha value is -3.99. The van der Waals surface area contributed by atoms with E-state index in [-0.39, 0.29) is 11.1 Å². The van der Waals surface area contributed by atoms with E-state index in [1.165, 1.54) is 12.1 Å². The molecule has 0 atom stereocenters. The molecule has 160 valence electrons. The summed E-state index contributed by atoms with van der Waals surface area (Å²) in [5.74, 6) is -2.60. The van der Waals surface area contributed by atoms with Crippen LogP contribution in [0, 0.1) is 0 Å². The van der Waals surface area contributed by atoms with Crippen molar-refractivity contribution in [1.82, 2.24) is 20.0 Å². The van der Waals surface area contributed by atoms with Crippen LogP contribution in [0.4, 0.5) is 5.82 Å². The van der Waals surface area contributed by atoms with Crippen LogP contribution in [0.1, 0.15) is 39.4 Å². The highest BCUT2D eigenvalue weighted by Crippen LogP contribution is 2.30. The van der Waals surface area contributed by atoms with Gasteiger partial charge in [0, 0.05) is 11.1 Å². The normalized spacial score (nSPS) is 14.1. The van der Waals surface area contributed by atoms with Crippen molar-refractivity contribution in [3.63, 3.8) is 0 Å². The van der Waals surface area contributed by atoms with Crippen molar-refractivity contribution in [1.29, 1.82) is 0 Å². The van der Waals surface area contributed by atoms with E-state index in [9.17, 15) is 24.6 Å². The molecule has 11 nitrogen and oxygen atoms in total. The first-order chi connectivity index (χ1) is 14.8. The third-order valence-corrected chi connectivity index (χ3v) is 5.13. The van der Waals surface area contributed by atoms with Crippen LogP contribution >= 0.6 is 0 Å². The number of aromatic nitrogens is 3. The van der Waals surface area contributed by atoms with Crippen molar-refractivity contribution in [3.8, 4) is 22.5 Å². The minimum absolute atomic E-state index is 0.206. The van der Waals surface area contributed by atoms with Gasteiger partial charge in [-0.3, -0.25) is 9.69 Å². The lowest BCUT2D eigenvalue weighted by Gasteiger charge is -2.12. The number of nitrogen functional groups attached to an aromatic ring is 1. The second-order valence-corrected chi connectivity index (χ2v) is 7.18. The Bertz CT molecular complexity index is 1210. The first-order valence-electron chi connectivity index (χ1n) is 9.53. The molecular formula is C20H19N5O6. The zero-order valence-electron chi connectivity index (χ0n) is 16.3. The van der Waals surface area contributed by atoms with Gasteiger partial charge in [0.1, 0.15) is 16.9 Å². The van der Waals surface area contributed by atoms with E-state index in [2.05, 4.69) is 20.0 Å². The van der Waals surface area contributed by atoms with E-state index in [1.54, 1.807) is 12.1 Å². The van der Waals surface area contributed by atoms with Crippen molar-refractivity contribution in [2.24, 2.45) is 0 Å². The molecule has 1 fully saturated rings. The van der Waals surface area contributed by atoms with Crippen molar-refractivity contribution in [3.05, 3.63) is 51.6 Å². The van der Waals surface area contributed by atoms with Gasteiger partial charge < -0.3 is 25.5 Å². The molecule has 0 spiro atoms. The molecule has 5 N–H and O–H groups in total. The van der Waals surface area contributed by atoms with Gasteiger partial charge in [0.2, 0.25) is 11.7 Å². The van der Waals surface area contributed by atoms with Gasteiger partial charge in [0.15, 0.2) is 0 Å². The number of carboxylic acid groups (broad SMARTS) is 2. The summed E-state index contributed by atoms with van der Waals surface area (Å²) < 4.78 is 5.31. The molecule has 1 aliphatic rings. The largest absolute Gasteiger partial charge is 0.478 e. The Morgan fingerprint density at radius 2 is 1.68 bits per heavy atom. The first-order valence-corrected chi connectivity index (χ1v) is 9.53. The van der Waals surface area contributed by atoms with Crippen LogP contribution in [0.3, 0.4) is 0 Å². The summed E-state index contributed by atoms with van der Waals surface area (Å²) in [4.78, 5) is 44.2. The number of hydrogen-bond acceptors (Lipinski definition) is 8. The number of nitrogens with zero attached hydrogens (tertiary/aromatic N) is 3. The molecular weight excluding hydrogens is 406 g/mol. The number of anilines is 1. The summed E-state index contributed by atoms with van der Waals surface area (Å²) in [5, 5.41) is 23.0. The number of nitrogens with one attached hydrogen (secondary N) is 1. The minimum Gasteiger partial charge on any atom is -0.478 e. The molecule has 11 heteroatoms. The van der Waals surface area contributed by atoms with Crippen LogP contribution in [-0.4, -0.2) is 55.3 Å². The highest BCUT2D eigenvalue weighted by molar-refractivity contribution is 6.07. The average molecular weight is 425 g/mol. The SMILES string of the molecule is Nc1[nH]c(=O)c(C(=O)O)c(-c2ccc(-c3noc(CN4CCCC4)n3)cc2)c1C(=O)O. The molecule has 0 unspecified atom stereocenters. The zero-order valence-corrected chi connectivity index (χ0v) is 16.3. The van der Waals surface area contributed by atoms with Crippen molar-refractivity contribution >= 4 is 17.8 Å². The highest BCUT2D eigenvalue weighted by atomic mass is 16.5. The quantitative estimate of drug-likeness (QED) is 0.454. The molecule has 0 radical (unpaired) electrons. The number of pyridine rings is 1. The van der Waals surface area contributed by atoms with Crippen molar-refractivity contribution < 1.29 is 24.3 Å². The number of nitrogens with two attached hydrogens (primary N) is 1. The van der Waals surface area contributed by atoms with Crippen LogP contribution in [0.5, 0.6) is 0 Å². The predicted octanol–water partition coefficient (Wildman–Crippen LogP) is 1.67. The van der Waals surface area contributed by atoms with Gasteiger partial charge in [0.05, 0.1) is 6.54 Å². The summed E-state index contributed by atoms with van der Waals surface area (Å²) in [6.45, 7) is 2.55. The number of hydrogen-bond donors (Lipinski definition) is 4. The third kappa shape index (κ3) is 3.90. The summed E-state index contributed by atoms with van der Waals surface area (Å²) in [6, 6.07) is 6.15. The van der Waals surface area contributed by atoms with Gasteiger partial charge in [-0.25, -0.2) is 9.59 Å². The van der Waals surface area contributed by atoms with Gasteiger partial charge in [-0.1, -0.05) is 29.4 Å². The Balaban J connectivity index is 1.70. The maximum Gasteiger partial charge on any atom is 0.342 e. The van der Waals surface area contributed by atoms with E-state index >= 15 is 0 Å². The molecule has 0 bridgehead atoms. The maximum absolute atomic E-state index is 12.1. The fraction of sp³-hybridized carbons (Fsp3) is 0.250. The van der Waals surface area contributed by atoms with Crippen molar-refractivity contribution in [2.75, 3.05) is 18.8 Å². The predicted molar refractivity (Wildman–Crippen MR) is 109 cm³/mol. The smallest absolute Gasteiger partial charge is 0.342 e. The van der Waals surface area contributed by atoms with Gasteiger partial charge >= 0.3 is 11.9 Å². The summed E-state index contributed by atoms with van der Waals surface area (Å²) in [6.07, 6.45) is 2.29. The topological polar surface area (TPSA) is 176 Å². The molecule has 1 aliphatic heterocycles. The van der Waals surface area contributed by atoms with E-state index in [4.69, 9.17) is 10.3 Å². The number of carboxylic acids is 2. The van der Waals surface area contributed by atoms with E-state index < -0.39 is 34.4 Å². The third-order valence-electron chi connectivity index (χ3n) is 5.13. The monoisotopic (exact) mass is 425 g/mol. The van der Waals surface area contributed by atoms with E-state index in [0.717, 1.165) is 25.9 Å². The second kappa shape index (κ2) is 8.03. The van der Waals surface area contributed by atoms with Gasteiger partial charge in [0.25, 0.3) is 5.56 Å². The fourth-order valence-electron chi connectivity index (χ4n) is 3.69. The summed E-state index contributed by atoms with van der Waals surface area (Å²) in [7, 11) is 0. The van der Waals surface area contributed by atoms with Crippen LogP contribution in [0.2, 0.25) is 0 Å². The second-order valence-electron chi connectivity index (χ2n) is 7.18. The molecule has 0 saturated carbocycles. The molecule has 2 aromatic heterocycles. The highest BCUT2D eigenvalue weighted by Gasteiger charge is 2.26. The Labute approximate surface area is 175 Å². The molecule has 3 heterocycles. The number of aromatic amines is 1. The van der Waals surface area contributed by atoms with Crippen molar-refractivity contribution in [2.45, 2.75) is 19.4 Å². The molecule has 3 aromatic rings. The average Bonchev–Trinajstić information content (AvgIpc) is 3.39. The van der Waals surface area contributed by atoms with Crippen LogP contribution in [0.15, 0.2) is 33.6 Å². The summed E-state index contributed by atoms with van der Waals surface area (Å²) >= 11 is 0. The first kappa shape index (κ1) is 20.3. The number of H-pyrrole nitrogens is 1. The molecule has 31 heavy (non-hydrogen) atoms. The lowest BCUT2D eigenvalue weighted by Crippen LogP contribution is -2.24. The van der Waals surface area contributed by atoms with Gasteiger partial charge in [-0.15, -0.1) is 0 Å².